The number of hydrogen-bond donors (Lipinski definition) is 0. The van der Waals surface area contributed by atoms with Crippen LogP contribution < -0.4 is 0 Å². The van der Waals surface area contributed by atoms with Crippen LogP contribution in [0.1, 0.15) is 129 Å². The molecule has 0 bridgehead atoms. The molecule has 0 atom stereocenters. The minimum atomic E-state index is 0.783. The molecule has 0 aromatic heterocycles. The summed E-state index contributed by atoms with van der Waals surface area (Å²) in [5.41, 5.74) is 1.99. The largest absolute Gasteiger partial charge is 0.658 e. The summed E-state index contributed by atoms with van der Waals surface area (Å²) in [6, 6.07) is 19.9. The summed E-state index contributed by atoms with van der Waals surface area (Å²) in [5.74, 6) is 0. The van der Waals surface area contributed by atoms with Gasteiger partial charge < -0.3 is 5.32 Å². The number of para-hydroxylation sites is 2. The van der Waals surface area contributed by atoms with Crippen LogP contribution in [-0.2, 0) is 0 Å². The molecular weight excluding hydrogens is 449 g/mol. The van der Waals surface area contributed by atoms with Crippen LogP contribution in [0.15, 0.2) is 60.7 Å². The predicted molar refractivity (Wildman–Crippen MR) is 165 cm³/mol. The molecule has 0 amide bonds. The van der Waals surface area contributed by atoms with Gasteiger partial charge in [-0.25, -0.2) is 0 Å². The van der Waals surface area contributed by atoms with E-state index in [1.54, 1.807) is 10.6 Å². The maximum absolute atomic E-state index is 4.44. The fraction of sp³-hybridized carbons (Fsp3) is 0.647. The van der Waals surface area contributed by atoms with Crippen molar-refractivity contribution in [2.45, 2.75) is 140 Å². The Hall–Kier alpha value is -1.23. The summed E-state index contributed by atoms with van der Waals surface area (Å²) in [7, 11) is 0. The minimum absolute atomic E-state index is 0.783. The topological polar surface area (TPSA) is 14.1 Å². The van der Waals surface area contributed by atoms with Gasteiger partial charge in [-0.05, 0) is 0 Å². The van der Waals surface area contributed by atoms with E-state index in [1.807, 2.05) is 60.7 Å². The second-order valence-corrected chi connectivity index (χ2v) is 12.0. The average molecular weight is 506 g/mol. The normalized spacial score (nSPS) is 10.4. The van der Waals surface area contributed by atoms with Gasteiger partial charge in [0.15, 0.2) is 0 Å². The van der Waals surface area contributed by atoms with Crippen LogP contribution in [0.4, 0.5) is 11.4 Å². The second kappa shape index (κ2) is 26.8. The quantitative estimate of drug-likeness (QED) is 0.112. The van der Waals surface area contributed by atoms with Gasteiger partial charge in [0.25, 0.3) is 0 Å². The standard InChI is InChI=1S/C12H10N.2C11H23.Al/c1-3-7-11(8-4-1)13-12-9-5-2-6-10-12;2*1-3-5-7-9-11-10-8-6-4-2;/h1-10H;2*1,3-11H2,2H3;/q-1;;;+1. The fourth-order valence-electron chi connectivity index (χ4n) is 4.50. The number of benzene rings is 2. The molecule has 2 heteroatoms. The van der Waals surface area contributed by atoms with Gasteiger partial charge in [0.05, 0.1) is 0 Å². The van der Waals surface area contributed by atoms with Crippen LogP contribution in [0.25, 0.3) is 5.32 Å². The van der Waals surface area contributed by atoms with Crippen LogP contribution in [-0.4, -0.2) is 15.2 Å². The summed E-state index contributed by atoms with van der Waals surface area (Å²) >= 11 is 0.783. The molecule has 0 aliphatic carbocycles. The van der Waals surface area contributed by atoms with Crippen LogP contribution in [0.2, 0.25) is 10.6 Å². The van der Waals surface area contributed by atoms with Crippen molar-refractivity contribution in [3.8, 4) is 0 Å². The van der Waals surface area contributed by atoms with Gasteiger partial charge in [0, 0.05) is 0 Å². The maximum atomic E-state index is 4.44. The molecule has 2 aromatic rings. The molecule has 0 aliphatic heterocycles. The van der Waals surface area contributed by atoms with E-state index in [4.69, 9.17) is 0 Å². The molecule has 0 spiro atoms. The van der Waals surface area contributed by atoms with Gasteiger partial charge in [-0.1, -0.05) is 60.7 Å². The monoisotopic (exact) mass is 505 g/mol. The Morgan fingerprint density at radius 3 is 1.06 bits per heavy atom. The molecule has 0 N–H and O–H groups in total. The van der Waals surface area contributed by atoms with E-state index in [9.17, 15) is 0 Å². The molecule has 2 rings (SSSR count). The molecule has 0 aliphatic rings. The Morgan fingerprint density at radius 2 is 0.722 bits per heavy atom. The molecule has 36 heavy (non-hydrogen) atoms. The third kappa shape index (κ3) is 22.0. The summed E-state index contributed by atoms with van der Waals surface area (Å²) in [6.45, 7) is 4.61. The summed E-state index contributed by atoms with van der Waals surface area (Å²) in [5, 5.41) is 7.59. The zero-order valence-corrected chi connectivity index (χ0v) is 25.1. The summed E-state index contributed by atoms with van der Waals surface area (Å²) in [4.78, 5) is 0. The molecule has 0 saturated carbocycles. The molecule has 2 aromatic carbocycles. The first-order chi connectivity index (χ1) is 17.9. The van der Waals surface area contributed by atoms with Crippen molar-refractivity contribution in [2.24, 2.45) is 0 Å². The Kier molecular flexibility index (Phi) is 24.4. The maximum Gasteiger partial charge on any atom is -0.0624 e. The Bertz CT molecular complexity index is 600. The van der Waals surface area contributed by atoms with Gasteiger partial charge in [-0.2, -0.15) is 0 Å². The fourth-order valence-corrected chi connectivity index (χ4v) is 5.94. The van der Waals surface area contributed by atoms with E-state index in [1.165, 1.54) is 116 Å². The summed E-state index contributed by atoms with van der Waals surface area (Å²) < 4.78 is 0. The molecule has 0 saturated heterocycles. The molecule has 0 radical (unpaired) electrons. The molecule has 0 heterocycles. The van der Waals surface area contributed by atoms with Crippen molar-refractivity contribution < 1.29 is 0 Å². The molecule has 0 unspecified atom stereocenters. The van der Waals surface area contributed by atoms with Crippen molar-refractivity contribution in [3.63, 3.8) is 0 Å². The van der Waals surface area contributed by atoms with Gasteiger partial charge in [-0.15, -0.1) is 11.4 Å². The van der Waals surface area contributed by atoms with Crippen molar-refractivity contribution in [2.75, 3.05) is 0 Å². The SMILES string of the molecule is CCCCCCCCCC[CH2][Al+][CH2]CCCCCCCCCC.c1ccc([N-]c2ccccc2)cc1. The molecule has 0 fully saturated rings. The number of nitrogens with zero attached hydrogens (tertiary/aromatic N) is 1. The minimum Gasteiger partial charge on any atom is -0.658 e. The van der Waals surface area contributed by atoms with Gasteiger partial charge in [-0.3, -0.25) is 0 Å². The molecular formula is C34H56AlN. The Morgan fingerprint density at radius 1 is 0.417 bits per heavy atom. The van der Waals surface area contributed by atoms with E-state index < -0.39 is 0 Å². The molecule has 200 valence electrons. The molecule has 1 nitrogen and oxygen atoms in total. The average Bonchev–Trinajstić information content (AvgIpc) is 2.91. The smallest absolute Gasteiger partial charge is 0.0624 e. The first kappa shape index (κ1) is 32.8. The zero-order chi connectivity index (χ0) is 25.8. The van der Waals surface area contributed by atoms with Crippen LogP contribution in [0.5, 0.6) is 0 Å². The van der Waals surface area contributed by atoms with Crippen molar-refractivity contribution in [3.05, 3.63) is 66.0 Å². The third-order valence-corrected chi connectivity index (χ3v) is 8.43. The van der Waals surface area contributed by atoms with Gasteiger partial charge in [0.2, 0.25) is 0 Å². The van der Waals surface area contributed by atoms with Crippen molar-refractivity contribution in [1.29, 1.82) is 0 Å². The van der Waals surface area contributed by atoms with Crippen LogP contribution >= 0.6 is 0 Å². The van der Waals surface area contributed by atoms with Crippen molar-refractivity contribution >= 4 is 26.6 Å². The number of rotatable bonds is 22. The van der Waals surface area contributed by atoms with Gasteiger partial charge >= 0.3 is 155 Å². The third-order valence-electron chi connectivity index (χ3n) is 6.79. The summed E-state index contributed by atoms with van der Waals surface area (Å²) in [6.07, 6.45) is 26.6. The number of unbranched alkanes of at least 4 members (excludes halogenated alkanes) is 16. The first-order valence-corrected chi connectivity index (χ1v) is 17.1. The van der Waals surface area contributed by atoms with Crippen molar-refractivity contribution in [1.82, 2.24) is 0 Å². The van der Waals surface area contributed by atoms with E-state index in [0.29, 0.717) is 0 Å². The van der Waals surface area contributed by atoms with Gasteiger partial charge in [0.1, 0.15) is 0 Å². The van der Waals surface area contributed by atoms with E-state index in [2.05, 4.69) is 19.2 Å². The Labute approximate surface area is 232 Å². The Balaban J connectivity index is 0.000000414. The zero-order valence-electron chi connectivity index (χ0n) is 23.9. The van der Waals surface area contributed by atoms with E-state index >= 15 is 0 Å². The second-order valence-electron chi connectivity index (χ2n) is 10.3. The number of hydrogen-bond acceptors (Lipinski definition) is 0. The first-order valence-electron chi connectivity index (χ1n) is 15.5. The predicted octanol–water partition coefficient (Wildman–Crippen LogP) is 12.6. The van der Waals surface area contributed by atoms with Crippen LogP contribution in [0.3, 0.4) is 0 Å². The van der Waals surface area contributed by atoms with E-state index in [0.717, 1.165) is 26.6 Å². The van der Waals surface area contributed by atoms with Crippen LogP contribution in [0, 0.1) is 0 Å². The van der Waals surface area contributed by atoms with E-state index in [-0.39, 0.29) is 0 Å².